The number of likely N-dealkylation sites (tertiary alicyclic amines) is 1. The van der Waals surface area contributed by atoms with Gasteiger partial charge in [0.05, 0.1) is 0 Å². The molecule has 136 valence electrons. The number of nitrogens with zero attached hydrogens (tertiary/aromatic N) is 2. The van der Waals surface area contributed by atoms with E-state index in [-0.39, 0.29) is 24.7 Å². The number of hydrogen-bond donors (Lipinski definition) is 2. The van der Waals surface area contributed by atoms with Crippen LogP contribution in [0.15, 0.2) is 24.4 Å². The fourth-order valence-electron chi connectivity index (χ4n) is 3.08. The summed E-state index contributed by atoms with van der Waals surface area (Å²) in [7, 11) is 0. The lowest BCUT2D eigenvalue weighted by molar-refractivity contribution is -0.148. The van der Waals surface area contributed by atoms with E-state index in [0.717, 1.165) is 0 Å². The van der Waals surface area contributed by atoms with E-state index in [2.05, 4.69) is 0 Å². The van der Waals surface area contributed by atoms with Crippen molar-refractivity contribution in [3.05, 3.63) is 24.4 Å². The lowest BCUT2D eigenvalue weighted by atomic mass is 10.1. The Morgan fingerprint density at radius 3 is 2.28 bits per heavy atom. The van der Waals surface area contributed by atoms with Gasteiger partial charge < -0.3 is 20.0 Å². The van der Waals surface area contributed by atoms with Crippen LogP contribution < -0.4 is 0 Å². The van der Waals surface area contributed by atoms with Crippen molar-refractivity contribution in [2.45, 2.75) is 50.6 Å². The molecule has 0 bridgehead atoms. The smallest absolute Gasteiger partial charge is 0.330 e. The number of aliphatic carboxylic acids is 2. The van der Waals surface area contributed by atoms with Gasteiger partial charge in [0.25, 0.3) is 0 Å². The van der Waals surface area contributed by atoms with Crippen LogP contribution in [0.2, 0.25) is 0 Å². The molecule has 2 atom stereocenters. The minimum atomic E-state index is -1.10. The third-order valence-corrected chi connectivity index (χ3v) is 4.38. The zero-order valence-electron chi connectivity index (χ0n) is 13.8. The standard InChI is InChI=1S/C17H22N2O6/c20-14(18-10-4-3-6-12(18)16(22)23)8-1-2-9-15(21)19-11-5-7-13(19)17(24)25/h3-4,6,10,12-13H,1-2,5,7-9,11H2,(H,22,23)(H,24,25)/t12-,13-/m1/s1. The van der Waals surface area contributed by atoms with Gasteiger partial charge >= 0.3 is 11.9 Å². The number of hydrogen-bond acceptors (Lipinski definition) is 4. The van der Waals surface area contributed by atoms with Crippen LogP contribution in [-0.2, 0) is 19.2 Å². The van der Waals surface area contributed by atoms with Gasteiger partial charge in [-0.15, -0.1) is 0 Å². The lowest BCUT2D eigenvalue weighted by Gasteiger charge is -2.25. The van der Waals surface area contributed by atoms with Gasteiger partial charge in [-0.05, 0) is 31.8 Å². The number of carbonyl (C=O) groups excluding carboxylic acids is 2. The highest BCUT2D eigenvalue weighted by Gasteiger charge is 2.33. The van der Waals surface area contributed by atoms with Crippen LogP contribution >= 0.6 is 0 Å². The van der Waals surface area contributed by atoms with Crippen molar-refractivity contribution in [1.82, 2.24) is 9.80 Å². The molecule has 0 unspecified atom stereocenters. The molecular formula is C17H22N2O6. The molecule has 8 heteroatoms. The summed E-state index contributed by atoms with van der Waals surface area (Å²) in [6, 6.07) is -1.74. The summed E-state index contributed by atoms with van der Waals surface area (Å²) in [5.41, 5.74) is 0. The van der Waals surface area contributed by atoms with Crippen LogP contribution in [0.3, 0.4) is 0 Å². The first-order valence-electron chi connectivity index (χ1n) is 8.33. The first-order valence-corrected chi connectivity index (χ1v) is 8.33. The Morgan fingerprint density at radius 1 is 0.960 bits per heavy atom. The quantitative estimate of drug-likeness (QED) is 0.662. The van der Waals surface area contributed by atoms with Crippen LogP contribution in [0.4, 0.5) is 0 Å². The Labute approximate surface area is 145 Å². The van der Waals surface area contributed by atoms with Gasteiger partial charge in [-0.2, -0.15) is 0 Å². The SMILES string of the molecule is O=C(O)[C@H]1C=CC=CN1C(=O)CCCCC(=O)N1CCC[C@@H]1C(=O)O. The van der Waals surface area contributed by atoms with Crippen LogP contribution in [0.25, 0.3) is 0 Å². The summed E-state index contributed by atoms with van der Waals surface area (Å²) in [5.74, 6) is -2.60. The van der Waals surface area contributed by atoms with Gasteiger partial charge in [0.1, 0.15) is 6.04 Å². The molecule has 0 radical (unpaired) electrons. The van der Waals surface area contributed by atoms with Crippen molar-refractivity contribution in [3.63, 3.8) is 0 Å². The number of allylic oxidation sites excluding steroid dienone is 2. The second kappa shape index (κ2) is 8.46. The summed E-state index contributed by atoms with van der Waals surface area (Å²) < 4.78 is 0. The Morgan fingerprint density at radius 2 is 1.64 bits per heavy atom. The van der Waals surface area contributed by atoms with E-state index in [4.69, 9.17) is 10.2 Å². The van der Waals surface area contributed by atoms with E-state index in [1.165, 1.54) is 22.1 Å². The highest BCUT2D eigenvalue weighted by Crippen LogP contribution is 2.19. The van der Waals surface area contributed by atoms with E-state index >= 15 is 0 Å². The molecule has 2 rings (SSSR count). The van der Waals surface area contributed by atoms with Crippen molar-refractivity contribution >= 4 is 23.8 Å². The summed E-state index contributed by atoms with van der Waals surface area (Å²) in [6.45, 7) is 0.458. The van der Waals surface area contributed by atoms with Crippen LogP contribution in [0.1, 0.15) is 38.5 Å². The monoisotopic (exact) mass is 350 g/mol. The summed E-state index contributed by atoms with van der Waals surface area (Å²) >= 11 is 0. The average molecular weight is 350 g/mol. The zero-order valence-corrected chi connectivity index (χ0v) is 13.8. The number of amides is 2. The summed E-state index contributed by atoms with van der Waals surface area (Å²) in [5, 5.41) is 18.2. The van der Waals surface area contributed by atoms with Gasteiger partial charge in [0, 0.05) is 25.6 Å². The van der Waals surface area contributed by atoms with E-state index < -0.39 is 24.0 Å². The van der Waals surface area contributed by atoms with Crippen molar-refractivity contribution < 1.29 is 29.4 Å². The predicted molar refractivity (Wildman–Crippen MR) is 87.4 cm³/mol. The van der Waals surface area contributed by atoms with E-state index in [1.807, 2.05) is 0 Å². The van der Waals surface area contributed by atoms with Crippen molar-refractivity contribution in [3.8, 4) is 0 Å². The normalized spacial score (nSPS) is 22.2. The topological polar surface area (TPSA) is 115 Å². The number of carboxylic acids is 2. The van der Waals surface area contributed by atoms with Crippen molar-refractivity contribution in [2.75, 3.05) is 6.54 Å². The van der Waals surface area contributed by atoms with E-state index in [0.29, 0.717) is 32.2 Å². The molecule has 2 amide bonds. The maximum atomic E-state index is 12.2. The molecule has 2 heterocycles. The minimum Gasteiger partial charge on any atom is -0.480 e. The number of unbranched alkanes of at least 4 members (excludes halogenated alkanes) is 1. The molecule has 2 aliphatic rings. The average Bonchev–Trinajstić information content (AvgIpc) is 3.08. The molecule has 1 fully saturated rings. The number of rotatable bonds is 7. The zero-order chi connectivity index (χ0) is 18.4. The number of carboxylic acid groups (broad SMARTS) is 2. The Hall–Kier alpha value is -2.64. The second-order valence-electron chi connectivity index (χ2n) is 6.10. The van der Waals surface area contributed by atoms with Gasteiger partial charge in [0.15, 0.2) is 6.04 Å². The van der Waals surface area contributed by atoms with E-state index in [9.17, 15) is 19.2 Å². The highest BCUT2D eigenvalue weighted by molar-refractivity contribution is 5.86. The molecule has 1 saturated heterocycles. The van der Waals surface area contributed by atoms with E-state index in [1.54, 1.807) is 12.2 Å². The molecule has 2 N–H and O–H groups in total. The number of carbonyl (C=O) groups is 4. The molecule has 0 aromatic carbocycles. The third-order valence-electron chi connectivity index (χ3n) is 4.38. The van der Waals surface area contributed by atoms with Gasteiger partial charge in [-0.1, -0.05) is 12.2 Å². The van der Waals surface area contributed by atoms with Gasteiger partial charge in [0.2, 0.25) is 11.8 Å². The largest absolute Gasteiger partial charge is 0.480 e. The molecule has 0 spiro atoms. The molecule has 0 aromatic heterocycles. The molecular weight excluding hydrogens is 328 g/mol. The molecule has 2 aliphatic heterocycles. The summed E-state index contributed by atoms with van der Waals surface area (Å²) in [4.78, 5) is 49.1. The Balaban J connectivity index is 1.75. The first kappa shape index (κ1) is 18.7. The Kier molecular flexibility index (Phi) is 6.32. The molecule has 25 heavy (non-hydrogen) atoms. The Bertz CT molecular complexity index is 612. The van der Waals surface area contributed by atoms with Gasteiger partial charge in [-0.25, -0.2) is 9.59 Å². The molecule has 0 aliphatic carbocycles. The van der Waals surface area contributed by atoms with Crippen LogP contribution in [0, 0.1) is 0 Å². The molecule has 8 nitrogen and oxygen atoms in total. The van der Waals surface area contributed by atoms with Gasteiger partial charge in [-0.3, -0.25) is 9.59 Å². The fraction of sp³-hybridized carbons (Fsp3) is 0.529. The molecule has 0 aromatic rings. The maximum absolute atomic E-state index is 12.2. The predicted octanol–water partition coefficient (Wildman–Crippen LogP) is 0.988. The fourth-order valence-corrected chi connectivity index (χ4v) is 3.08. The summed E-state index contributed by atoms with van der Waals surface area (Å²) in [6.07, 6.45) is 8.44. The van der Waals surface area contributed by atoms with Crippen LogP contribution in [-0.4, -0.2) is 62.4 Å². The second-order valence-corrected chi connectivity index (χ2v) is 6.10. The van der Waals surface area contributed by atoms with Crippen LogP contribution in [0.5, 0.6) is 0 Å². The minimum absolute atomic E-state index is 0.137. The first-order chi connectivity index (χ1) is 11.9. The van der Waals surface area contributed by atoms with Crippen molar-refractivity contribution in [2.24, 2.45) is 0 Å². The maximum Gasteiger partial charge on any atom is 0.330 e. The lowest BCUT2D eigenvalue weighted by Crippen LogP contribution is -2.41. The van der Waals surface area contributed by atoms with Crippen molar-refractivity contribution in [1.29, 1.82) is 0 Å². The molecule has 0 saturated carbocycles. The highest BCUT2D eigenvalue weighted by atomic mass is 16.4. The third kappa shape index (κ3) is 4.68.